The van der Waals surface area contributed by atoms with Crippen LogP contribution in [0.3, 0.4) is 0 Å². The molecule has 3 aliphatic rings. The zero-order valence-electron chi connectivity index (χ0n) is 14.2. The number of hydrogen-bond acceptors (Lipinski definition) is 3. The molecule has 4 unspecified atom stereocenters. The van der Waals surface area contributed by atoms with E-state index in [4.69, 9.17) is 4.74 Å². The predicted molar refractivity (Wildman–Crippen MR) is 96.3 cm³/mol. The van der Waals surface area contributed by atoms with Crippen LogP contribution in [0.4, 0.5) is 0 Å². The van der Waals surface area contributed by atoms with E-state index in [9.17, 15) is 0 Å². The Morgan fingerprint density at radius 2 is 2.29 bits per heavy atom. The highest BCUT2D eigenvalue weighted by atomic mass is 16.5. The number of fused-ring (bicyclic) bond motifs is 1. The first-order chi connectivity index (χ1) is 11.7. The minimum Gasteiger partial charge on any atom is -0.497 e. The summed E-state index contributed by atoms with van der Waals surface area (Å²) in [5.41, 5.74) is 3.00. The minimum absolute atomic E-state index is 0.532. The maximum atomic E-state index is 5.41. The second-order valence-corrected chi connectivity index (χ2v) is 7.71. The molecule has 24 heavy (non-hydrogen) atoms. The van der Waals surface area contributed by atoms with Crippen molar-refractivity contribution in [3.8, 4) is 5.75 Å². The van der Waals surface area contributed by atoms with Gasteiger partial charge in [-0.3, -0.25) is 9.88 Å². The molecule has 3 heterocycles. The summed E-state index contributed by atoms with van der Waals surface area (Å²) in [5.74, 6) is 2.55. The van der Waals surface area contributed by atoms with Crippen LogP contribution >= 0.6 is 0 Å². The molecule has 124 valence electrons. The van der Waals surface area contributed by atoms with Crippen molar-refractivity contribution < 1.29 is 4.74 Å². The van der Waals surface area contributed by atoms with Crippen LogP contribution in [0, 0.1) is 11.8 Å². The van der Waals surface area contributed by atoms with Crippen LogP contribution in [-0.4, -0.2) is 35.1 Å². The van der Waals surface area contributed by atoms with Gasteiger partial charge in [0, 0.05) is 23.2 Å². The Morgan fingerprint density at radius 3 is 3.12 bits per heavy atom. The van der Waals surface area contributed by atoms with Crippen LogP contribution in [0.2, 0.25) is 0 Å². The van der Waals surface area contributed by atoms with E-state index in [0.29, 0.717) is 11.6 Å². The van der Waals surface area contributed by atoms with Crippen molar-refractivity contribution in [2.45, 2.75) is 37.3 Å². The van der Waals surface area contributed by atoms with E-state index in [-0.39, 0.29) is 0 Å². The quantitative estimate of drug-likeness (QED) is 0.801. The van der Waals surface area contributed by atoms with Crippen LogP contribution in [-0.2, 0) is 6.42 Å². The highest BCUT2D eigenvalue weighted by Gasteiger charge is 2.66. The topological polar surface area (TPSA) is 25.4 Å². The Hall–Kier alpha value is -1.87. The first-order valence-electron chi connectivity index (χ1n) is 9.06. The molecule has 3 nitrogen and oxygen atoms in total. The molecular weight excluding hydrogens is 296 g/mol. The number of methoxy groups -OCH3 is 1. The van der Waals surface area contributed by atoms with Crippen LogP contribution < -0.4 is 4.74 Å². The maximum Gasteiger partial charge on any atom is 0.119 e. The van der Waals surface area contributed by atoms with Gasteiger partial charge < -0.3 is 4.74 Å². The molecule has 0 bridgehead atoms. The molecule has 0 amide bonds. The van der Waals surface area contributed by atoms with E-state index < -0.39 is 0 Å². The molecule has 2 saturated heterocycles. The van der Waals surface area contributed by atoms with Crippen LogP contribution in [0.25, 0.3) is 10.9 Å². The predicted octanol–water partition coefficient (Wildman–Crippen LogP) is 3.82. The smallest absolute Gasteiger partial charge is 0.119 e. The van der Waals surface area contributed by atoms with Gasteiger partial charge in [-0.05, 0) is 73.9 Å². The Morgan fingerprint density at radius 1 is 1.38 bits per heavy atom. The number of nitrogens with zero attached hydrogens (tertiary/aromatic N) is 2. The van der Waals surface area contributed by atoms with Gasteiger partial charge in [0.2, 0.25) is 0 Å². The number of aromatic nitrogens is 1. The first-order valence-corrected chi connectivity index (χ1v) is 9.06. The first kappa shape index (κ1) is 14.5. The molecule has 2 aliphatic heterocycles. The van der Waals surface area contributed by atoms with Gasteiger partial charge in [-0.1, -0.05) is 6.08 Å². The molecule has 1 saturated carbocycles. The summed E-state index contributed by atoms with van der Waals surface area (Å²) >= 11 is 0. The van der Waals surface area contributed by atoms with E-state index >= 15 is 0 Å². The Kier molecular flexibility index (Phi) is 3.05. The monoisotopic (exact) mass is 320 g/mol. The molecule has 1 spiro atoms. The molecule has 1 aromatic heterocycles. The summed E-state index contributed by atoms with van der Waals surface area (Å²) in [7, 11) is 1.73. The molecule has 0 N–H and O–H groups in total. The second kappa shape index (κ2) is 5.06. The fourth-order valence-corrected chi connectivity index (χ4v) is 5.73. The fourth-order valence-electron chi connectivity index (χ4n) is 5.73. The summed E-state index contributed by atoms with van der Waals surface area (Å²) in [6.07, 6.45) is 9.31. The highest BCUT2D eigenvalue weighted by Crippen LogP contribution is 2.63. The van der Waals surface area contributed by atoms with Crippen molar-refractivity contribution in [3.05, 3.63) is 48.7 Å². The SMILES string of the molecule is C=CC1CC23CC(Cc4ccnc5ccc(OC)cc45)N2CCC13. The van der Waals surface area contributed by atoms with Crippen molar-refractivity contribution in [3.63, 3.8) is 0 Å². The number of allylic oxidation sites excluding steroid dienone is 1. The lowest BCUT2D eigenvalue weighted by molar-refractivity contribution is -0.134. The lowest BCUT2D eigenvalue weighted by Gasteiger charge is -2.65. The zero-order chi connectivity index (χ0) is 16.3. The Bertz CT molecular complexity index is 817. The number of pyridine rings is 1. The molecule has 4 atom stereocenters. The van der Waals surface area contributed by atoms with Gasteiger partial charge in [0.25, 0.3) is 0 Å². The van der Waals surface area contributed by atoms with Gasteiger partial charge in [0.05, 0.1) is 12.6 Å². The molecule has 0 radical (unpaired) electrons. The lowest BCUT2D eigenvalue weighted by Crippen LogP contribution is -2.71. The minimum atomic E-state index is 0.532. The largest absolute Gasteiger partial charge is 0.497 e. The number of ether oxygens (including phenoxy) is 1. The van der Waals surface area contributed by atoms with E-state index in [2.05, 4.69) is 40.7 Å². The van der Waals surface area contributed by atoms with Crippen LogP contribution in [0.1, 0.15) is 24.8 Å². The maximum absolute atomic E-state index is 5.41. The molecule has 2 aromatic rings. The van der Waals surface area contributed by atoms with Gasteiger partial charge >= 0.3 is 0 Å². The molecule has 3 heteroatoms. The second-order valence-electron chi connectivity index (χ2n) is 7.71. The zero-order valence-corrected chi connectivity index (χ0v) is 14.2. The lowest BCUT2D eigenvalue weighted by atomic mass is 9.53. The molecule has 5 rings (SSSR count). The van der Waals surface area contributed by atoms with Crippen molar-refractivity contribution in [1.29, 1.82) is 0 Å². The molecule has 1 aliphatic carbocycles. The van der Waals surface area contributed by atoms with Crippen molar-refractivity contribution >= 4 is 10.9 Å². The van der Waals surface area contributed by atoms with Gasteiger partial charge in [-0.25, -0.2) is 0 Å². The fraction of sp³-hybridized carbons (Fsp3) is 0.476. The van der Waals surface area contributed by atoms with E-state index in [1.165, 1.54) is 36.8 Å². The van der Waals surface area contributed by atoms with E-state index in [0.717, 1.165) is 29.5 Å². The molecular formula is C21H24N2O. The third-order valence-corrected chi connectivity index (χ3v) is 6.88. The standard InChI is InChI=1S/C21H24N2O/c1-3-14-12-21-13-16(23(21)9-7-19(14)21)10-15-6-8-22-20-5-4-17(24-2)11-18(15)20/h3-6,8,11,14,16,19H,1,7,9-10,12-13H2,2H3. The van der Waals surface area contributed by atoms with E-state index in [1.807, 2.05) is 12.3 Å². The summed E-state index contributed by atoms with van der Waals surface area (Å²) in [4.78, 5) is 7.31. The Labute approximate surface area is 143 Å². The normalized spacial score (nSPS) is 34.1. The molecule has 3 fully saturated rings. The van der Waals surface area contributed by atoms with Gasteiger partial charge in [-0.2, -0.15) is 0 Å². The average molecular weight is 320 g/mol. The van der Waals surface area contributed by atoms with Crippen molar-refractivity contribution in [1.82, 2.24) is 9.88 Å². The van der Waals surface area contributed by atoms with Crippen LogP contribution in [0.5, 0.6) is 5.75 Å². The van der Waals surface area contributed by atoms with Gasteiger partial charge in [0.15, 0.2) is 0 Å². The van der Waals surface area contributed by atoms with Gasteiger partial charge in [-0.15, -0.1) is 6.58 Å². The van der Waals surface area contributed by atoms with Gasteiger partial charge in [0.1, 0.15) is 5.75 Å². The third kappa shape index (κ3) is 1.79. The third-order valence-electron chi connectivity index (χ3n) is 6.88. The Balaban J connectivity index is 1.40. The molecule has 1 aromatic carbocycles. The highest BCUT2D eigenvalue weighted by molar-refractivity contribution is 5.83. The van der Waals surface area contributed by atoms with E-state index in [1.54, 1.807) is 7.11 Å². The summed E-state index contributed by atoms with van der Waals surface area (Å²) in [6, 6.07) is 9.07. The van der Waals surface area contributed by atoms with Crippen molar-refractivity contribution in [2.75, 3.05) is 13.7 Å². The number of benzene rings is 1. The number of hydrogen-bond donors (Lipinski definition) is 0. The summed E-state index contributed by atoms with van der Waals surface area (Å²) < 4.78 is 5.41. The summed E-state index contributed by atoms with van der Waals surface area (Å²) in [6.45, 7) is 5.29. The van der Waals surface area contributed by atoms with Crippen molar-refractivity contribution in [2.24, 2.45) is 11.8 Å². The number of rotatable bonds is 4. The van der Waals surface area contributed by atoms with Crippen LogP contribution in [0.15, 0.2) is 43.1 Å². The average Bonchev–Trinajstić information content (AvgIpc) is 2.81. The summed E-state index contributed by atoms with van der Waals surface area (Å²) in [5, 5.41) is 1.24.